The molecule has 2 aromatic carbocycles. The average Bonchev–Trinajstić information content (AvgIpc) is 3.13. The van der Waals surface area contributed by atoms with Gasteiger partial charge in [-0.1, -0.05) is 18.2 Å². The number of anilines is 2. The highest BCUT2D eigenvalue weighted by Crippen LogP contribution is 2.38. The van der Waals surface area contributed by atoms with Crippen molar-refractivity contribution in [2.75, 3.05) is 11.5 Å². The predicted octanol–water partition coefficient (Wildman–Crippen LogP) is 3.90. The molecule has 1 unspecified atom stereocenters. The van der Waals surface area contributed by atoms with Gasteiger partial charge in [0.2, 0.25) is 0 Å². The van der Waals surface area contributed by atoms with E-state index < -0.39 is 11.9 Å². The minimum atomic E-state index is -0.494. The van der Waals surface area contributed by atoms with E-state index in [4.69, 9.17) is 16.5 Å². The summed E-state index contributed by atoms with van der Waals surface area (Å²) in [7, 11) is 0. The van der Waals surface area contributed by atoms with Crippen molar-refractivity contribution in [1.29, 1.82) is 0 Å². The molecule has 3 aromatic rings. The Labute approximate surface area is 165 Å². The van der Waals surface area contributed by atoms with E-state index in [2.05, 4.69) is 10.6 Å². The van der Waals surface area contributed by atoms with Crippen molar-refractivity contribution in [2.24, 2.45) is 0 Å². The third kappa shape index (κ3) is 3.29. The lowest BCUT2D eigenvalue weighted by Crippen LogP contribution is -2.42. The largest absolute Gasteiger partial charge is 0.399 e. The first-order chi connectivity index (χ1) is 13.4. The number of rotatable bonds is 3. The highest BCUT2D eigenvalue weighted by Gasteiger charge is 2.29. The number of benzene rings is 2. The molecule has 0 spiro atoms. The van der Waals surface area contributed by atoms with E-state index in [-0.39, 0.29) is 11.7 Å². The minimum absolute atomic E-state index is 0.0315. The van der Waals surface area contributed by atoms with Crippen LogP contribution < -0.4 is 22.1 Å². The van der Waals surface area contributed by atoms with Gasteiger partial charge in [0.05, 0.1) is 17.4 Å². The molecule has 8 heteroatoms. The lowest BCUT2D eigenvalue weighted by atomic mass is 9.95. The van der Waals surface area contributed by atoms with Crippen LogP contribution in [0.2, 0.25) is 0 Å². The van der Waals surface area contributed by atoms with E-state index in [0.29, 0.717) is 16.9 Å². The molecule has 0 saturated heterocycles. The molecule has 0 aliphatic carbocycles. The Morgan fingerprint density at radius 3 is 2.61 bits per heavy atom. The van der Waals surface area contributed by atoms with E-state index in [0.717, 1.165) is 21.8 Å². The zero-order valence-electron chi connectivity index (χ0n) is 15.0. The number of aromatic nitrogens is 1. The number of hydrogen-bond donors (Lipinski definition) is 4. The van der Waals surface area contributed by atoms with Crippen LogP contribution in [0.15, 0.2) is 53.5 Å². The Balaban J connectivity index is 1.77. The molecule has 1 aromatic heterocycles. The van der Waals surface area contributed by atoms with Crippen molar-refractivity contribution in [3.63, 3.8) is 0 Å². The van der Waals surface area contributed by atoms with Crippen molar-refractivity contribution in [3.05, 3.63) is 69.9 Å². The molecule has 1 atom stereocenters. The second-order valence-corrected chi connectivity index (χ2v) is 7.37. The zero-order chi connectivity index (χ0) is 19.8. The third-order valence-electron chi connectivity index (χ3n) is 4.56. The number of urea groups is 1. The summed E-state index contributed by atoms with van der Waals surface area (Å²) in [5.74, 6) is -0.494. The number of hydrogen-bond acceptors (Lipinski definition) is 5. The zero-order valence-corrected chi connectivity index (χ0v) is 15.8. The van der Waals surface area contributed by atoms with Crippen LogP contribution in [0.3, 0.4) is 0 Å². The van der Waals surface area contributed by atoms with Crippen molar-refractivity contribution in [2.45, 2.75) is 13.0 Å². The Hall–Kier alpha value is -3.39. The van der Waals surface area contributed by atoms with Crippen molar-refractivity contribution >= 4 is 34.3 Å². The van der Waals surface area contributed by atoms with Crippen LogP contribution in [0.1, 0.15) is 23.5 Å². The maximum absolute atomic E-state index is 13.6. The number of carbonyl (C=O) groups excluding carboxylic acids is 1. The van der Waals surface area contributed by atoms with E-state index in [1.165, 1.54) is 23.5 Å². The molecule has 6 nitrogen and oxygen atoms in total. The number of nitrogen functional groups attached to an aromatic ring is 2. The summed E-state index contributed by atoms with van der Waals surface area (Å²) < 4.78 is 13.6. The summed E-state index contributed by atoms with van der Waals surface area (Å²) in [5, 5.41) is 8.37. The number of thiazole rings is 1. The fourth-order valence-corrected chi connectivity index (χ4v) is 4.11. The number of allylic oxidation sites excluding steroid dienone is 1. The van der Waals surface area contributed by atoms with Crippen LogP contribution >= 0.6 is 11.3 Å². The molecule has 142 valence electrons. The van der Waals surface area contributed by atoms with E-state index in [1.807, 2.05) is 36.6 Å². The topological polar surface area (TPSA) is 106 Å². The number of carbonyl (C=O) groups is 1. The molecule has 2 heterocycles. The maximum Gasteiger partial charge on any atom is 0.319 e. The van der Waals surface area contributed by atoms with Gasteiger partial charge in [-0.25, -0.2) is 14.2 Å². The quantitative estimate of drug-likeness (QED) is 0.505. The van der Waals surface area contributed by atoms with Gasteiger partial charge < -0.3 is 22.1 Å². The molecule has 0 bridgehead atoms. The fraction of sp³-hybridized carbons (Fsp3) is 0.100. The Morgan fingerprint density at radius 2 is 1.89 bits per heavy atom. The van der Waals surface area contributed by atoms with Crippen molar-refractivity contribution in [3.8, 4) is 11.3 Å². The molecular formula is C20H18FN5OS. The lowest BCUT2D eigenvalue weighted by Gasteiger charge is -2.28. The van der Waals surface area contributed by atoms with Crippen LogP contribution in [0, 0.1) is 5.82 Å². The second kappa shape index (κ2) is 6.97. The van der Waals surface area contributed by atoms with Gasteiger partial charge in [-0.2, -0.15) is 0 Å². The molecule has 1 aliphatic rings. The van der Waals surface area contributed by atoms with E-state index >= 15 is 0 Å². The number of nitrogens with zero attached hydrogens (tertiary/aromatic N) is 1. The molecule has 6 N–H and O–H groups in total. The highest BCUT2D eigenvalue weighted by atomic mass is 32.1. The van der Waals surface area contributed by atoms with Gasteiger partial charge in [0.15, 0.2) is 0 Å². The summed E-state index contributed by atoms with van der Waals surface area (Å²) in [6, 6.07) is 11.1. The minimum Gasteiger partial charge on any atom is -0.399 e. The highest BCUT2D eigenvalue weighted by molar-refractivity contribution is 7.11. The van der Waals surface area contributed by atoms with Crippen LogP contribution in [0.25, 0.3) is 16.8 Å². The van der Waals surface area contributed by atoms with Crippen LogP contribution in [0.5, 0.6) is 0 Å². The number of nitrogens with one attached hydrogen (secondary N) is 2. The van der Waals surface area contributed by atoms with Gasteiger partial charge in [-0.3, -0.25) is 0 Å². The van der Waals surface area contributed by atoms with Gasteiger partial charge in [-0.15, -0.1) is 11.3 Å². The molecule has 4 rings (SSSR count). The van der Waals surface area contributed by atoms with Crippen LogP contribution in [-0.4, -0.2) is 11.0 Å². The van der Waals surface area contributed by atoms with Gasteiger partial charge in [0.1, 0.15) is 10.8 Å². The van der Waals surface area contributed by atoms with Gasteiger partial charge in [0.25, 0.3) is 0 Å². The van der Waals surface area contributed by atoms with Crippen molar-refractivity contribution in [1.82, 2.24) is 15.6 Å². The molecule has 0 radical (unpaired) electrons. The number of nitrogens with two attached hydrogens (primary N) is 2. The van der Waals surface area contributed by atoms with Gasteiger partial charge in [-0.05, 0) is 36.8 Å². The molecule has 0 saturated carbocycles. The monoisotopic (exact) mass is 395 g/mol. The Bertz CT molecular complexity index is 1090. The van der Waals surface area contributed by atoms with E-state index in [9.17, 15) is 9.18 Å². The fourth-order valence-electron chi connectivity index (χ4n) is 3.15. The first-order valence-electron chi connectivity index (χ1n) is 8.57. The molecule has 28 heavy (non-hydrogen) atoms. The molecule has 0 fully saturated rings. The number of amides is 2. The maximum atomic E-state index is 13.6. The summed E-state index contributed by atoms with van der Waals surface area (Å²) >= 11 is 1.47. The first-order valence-corrected chi connectivity index (χ1v) is 9.45. The third-order valence-corrected chi connectivity index (χ3v) is 5.44. The standard InChI is InChI=1S/C20H18FN5OS/c1-10-17(19-25-16(9-28-19)11-2-5-13(22)6-3-11)18(26-20(27)24-10)12-4-7-14(21)15(23)8-12/h2-9,18H,22-23H2,1H3,(H2,24,26,27). The first kappa shape index (κ1) is 18.0. The summed E-state index contributed by atoms with van der Waals surface area (Å²) in [6.45, 7) is 1.82. The molecule has 2 amide bonds. The summed E-state index contributed by atoms with van der Waals surface area (Å²) in [4.78, 5) is 16.8. The second-order valence-electron chi connectivity index (χ2n) is 6.51. The predicted molar refractivity (Wildman–Crippen MR) is 110 cm³/mol. The SMILES string of the molecule is CC1=C(c2nc(-c3ccc(N)cc3)cs2)C(c2ccc(F)c(N)c2)NC(=O)N1. The average molecular weight is 395 g/mol. The smallest absolute Gasteiger partial charge is 0.319 e. The van der Waals surface area contributed by atoms with Gasteiger partial charge >= 0.3 is 6.03 Å². The summed E-state index contributed by atoms with van der Waals surface area (Å²) in [5.41, 5.74) is 16.2. The molecular weight excluding hydrogens is 377 g/mol. The van der Waals surface area contributed by atoms with Crippen LogP contribution in [0.4, 0.5) is 20.6 Å². The summed E-state index contributed by atoms with van der Waals surface area (Å²) in [6.07, 6.45) is 0. The molecule has 1 aliphatic heterocycles. The Kier molecular flexibility index (Phi) is 4.48. The van der Waals surface area contributed by atoms with Crippen LogP contribution in [-0.2, 0) is 0 Å². The van der Waals surface area contributed by atoms with E-state index in [1.54, 1.807) is 6.07 Å². The van der Waals surface area contributed by atoms with Crippen molar-refractivity contribution < 1.29 is 9.18 Å². The number of halogens is 1. The normalized spacial score (nSPS) is 16.6. The Morgan fingerprint density at radius 1 is 1.14 bits per heavy atom. The van der Waals surface area contributed by atoms with Gasteiger partial charge in [0, 0.05) is 27.9 Å². The lowest BCUT2D eigenvalue weighted by molar-refractivity contribution is 0.240.